The van der Waals surface area contributed by atoms with E-state index < -0.39 is 0 Å². The van der Waals surface area contributed by atoms with Crippen molar-refractivity contribution in [1.29, 1.82) is 0 Å². The fourth-order valence-corrected chi connectivity index (χ4v) is 2.98. The van der Waals surface area contributed by atoms with E-state index in [1.165, 1.54) is 25.8 Å². The van der Waals surface area contributed by atoms with Crippen LogP contribution in [0.3, 0.4) is 0 Å². The quantitative estimate of drug-likeness (QED) is 0.812. The van der Waals surface area contributed by atoms with Crippen molar-refractivity contribution >= 4 is 0 Å². The maximum absolute atomic E-state index is 5.76. The summed E-state index contributed by atoms with van der Waals surface area (Å²) in [5.41, 5.74) is 0.174. The largest absolute Gasteiger partial charge is 0.377 e. The second kappa shape index (κ2) is 5.25. The van der Waals surface area contributed by atoms with Crippen LogP contribution in [0.4, 0.5) is 0 Å². The number of nitrogens with zero attached hydrogens (tertiary/aromatic N) is 1. The Morgan fingerprint density at radius 1 is 1.41 bits per heavy atom. The van der Waals surface area contributed by atoms with Gasteiger partial charge in [-0.2, -0.15) is 0 Å². The zero-order valence-corrected chi connectivity index (χ0v) is 11.8. The van der Waals surface area contributed by atoms with Crippen LogP contribution in [0.25, 0.3) is 0 Å². The Hall–Kier alpha value is -0.120. The molecular formula is C14H28N2O. The molecule has 1 N–H and O–H groups in total. The first-order valence-corrected chi connectivity index (χ1v) is 7.09. The van der Waals surface area contributed by atoms with Gasteiger partial charge in [-0.05, 0) is 32.1 Å². The van der Waals surface area contributed by atoms with E-state index in [2.05, 4.69) is 31.0 Å². The second-order valence-electron chi connectivity index (χ2n) is 6.28. The zero-order valence-electron chi connectivity index (χ0n) is 11.8. The van der Waals surface area contributed by atoms with Crippen molar-refractivity contribution in [1.82, 2.24) is 10.2 Å². The SMILES string of the molecule is COC1(CN2CC(C(C)C)NCC2C)CCC1. The third-order valence-corrected chi connectivity index (χ3v) is 4.72. The molecule has 0 spiro atoms. The summed E-state index contributed by atoms with van der Waals surface area (Å²) >= 11 is 0. The number of hydrogen-bond acceptors (Lipinski definition) is 3. The first kappa shape index (κ1) is 13.3. The Morgan fingerprint density at radius 2 is 2.12 bits per heavy atom. The van der Waals surface area contributed by atoms with E-state index in [9.17, 15) is 0 Å². The first-order valence-electron chi connectivity index (χ1n) is 7.09. The second-order valence-corrected chi connectivity index (χ2v) is 6.28. The summed E-state index contributed by atoms with van der Waals surface area (Å²) in [4.78, 5) is 2.63. The van der Waals surface area contributed by atoms with Gasteiger partial charge in [-0.15, -0.1) is 0 Å². The summed E-state index contributed by atoms with van der Waals surface area (Å²) < 4.78 is 5.76. The van der Waals surface area contributed by atoms with Gasteiger partial charge < -0.3 is 10.1 Å². The predicted molar refractivity (Wildman–Crippen MR) is 71.3 cm³/mol. The van der Waals surface area contributed by atoms with E-state index in [1.807, 2.05) is 7.11 Å². The third kappa shape index (κ3) is 2.83. The molecule has 0 aromatic rings. The topological polar surface area (TPSA) is 24.5 Å². The van der Waals surface area contributed by atoms with Crippen LogP contribution in [0.2, 0.25) is 0 Å². The van der Waals surface area contributed by atoms with Crippen molar-refractivity contribution in [2.24, 2.45) is 5.92 Å². The monoisotopic (exact) mass is 240 g/mol. The summed E-state index contributed by atoms with van der Waals surface area (Å²) in [6, 6.07) is 1.28. The highest BCUT2D eigenvalue weighted by Gasteiger charge is 2.40. The molecule has 1 heterocycles. The van der Waals surface area contributed by atoms with Crippen molar-refractivity contribution < 1.29 is 4.74 Å². The molecule has 2 unspecified atom stereocenters. The number of rotatable bonds is 4. The van der Waals surface area contributed by atoms with Gasteiger partial charge in [0.05, 0.1) is 5.60 Å². The lowest BCUT2D eigenvalue weighted by Crippen LogP contribution is -2.61. The molecule has 0 radical (unpaired) electrons. The van der Waals surface area contributed by atoms with Crippen molar-refractivity contribution in [3.8, 4) is 0 Å². The average molecular weight is 240 g/mol. The van der Waals surface area contributed by atoms with Crippen molar-refractivity contribution in [2.45, 2.75) is 57.7 Å². The summed E-state index contributed by atoms with van der Waals surface area (Å²) in [6.07, 6.45) is 3.82. The highest BCUT2D eigenvalue weighted by Crippen LogP contribution is 2.36. The minimum Gasteiger partial charge on any atom is -0.377 e. The van der Waals surface area contributed by atoms with Gasteiger partial charge in [0.15, 0.2) is 0 Å². The van der Waals surface area contributed by atoms with Crippen LogP contribution in [-0.4, -0.2) is 49.3 Å². The van der Waals surface area contributed by atoms with E-state index in [0.717, 1.165) is 13.1 Å². The molecular weight excluding hydrogens is 212 g/mol. The van der Waals surface area contributed by atoms with Crippen LogP contribution < -0.4 is 5.32 Å². The summed E-state index contributed by atoms with van der Waals surface area (Å²) in [5, 5.41) is 3.66. The normalized spacial score (nSPS) is 33.7. The smallest absolute Gasteiger partial charge is 0.0805 e. The van der Waals surface area contributed by atoms with Crippen LogP contribution in [0.15, 0.2) is 0 Å². The van der Waals surface area contributed by atoms with E-state index >= 15 is 0 Å². The number of piperazine rings is 1. The number of nitrogens with one attached hydrogen (secondary N) is 1. The van der Waals surface area contributed by atoms with E-state index in [1.54, 1.807) is 0 Å². The van der Waals surface area contributed by atoms with Gasteiger partial charge in [0, 0.05) is 38.8 Å². The molecule has 0 aromatic carbocycles. The lowest BCUT2D eigenvalue weighted by atomic mass is 9.79. The lowest BCUT2D eigenvalue weighted by Gasteiger charge is -2.48. The van der Waals surface area contributed by atoms with Crippen LogP contribution in [0.5, 0.6) is 0 Å². The molecule has 0 amide bonds. The molecule has 100 valence electrons. The zero-order chi connectivity index (χ0) is 12.5. The minimum atomic E-state index is 0.174. The molecule has 2 aliphatic rings. The summed E-state index contributed by atoms with van der Waals surface area (Å²) in [5.74, 6) is 0.713. The molecule has 17 heavy (non-hydrogen) atoms. The maximum atomic E-state index is 5.76. The summed E-state index contributed by atoms with van der Waals surface area (Å²) in [6.45, 7) is 10.3. The molecule has 1 saturated heterocycles. The molecule has 1 saturated carbocycles. The molecule has 1 aliphatic carbocycles. The number of ether oxygens (including phenoxy) is 1. The number of methoxy groups -OCH3 is 1. The predicted octanol–water partition coefficient (Wildman–Crippen LogP) is 1.87. The Morgan fingerprint density at radius 3 is 2.59 bits per heavy atom. The van der Waals surface area contributed by atoms with Crippen LogP contribution in [0.1, 0.15) is 40.0 Å². The third-order valence-electron chi connectivity index (χ3n) is 4.72. The van der Waals surface area contributed by atoms with Gasteiger partial charge in [-0.1, -0.05) is 13.8 Å². The van der Waals surface area contributed by atoms with Crippen LogP contribution in [0, 0.1) is 5.92 Å². The average Bonchev–Trinajstić information content (AvgIpc) is 2.25. The molecule has 2 atom stereocenters. The Kier molecular flexibility index (Phi) is 4.11. The Balaban J connectivity index is 1.93. The molecule has 1 aliphatic heterocycles. The van der Waals surface area contributed by atoms with Crippen molar-refractivity contribution in [2.75, 3.05) is 26.7 Å². The van der Waals surface area contributed by atoms with Crippen molar-refractivity contribution in [3.63, 3.8) is 0 Å². The van der Waals surface area contributed by atoms with Gasteiger partial charge in [0.1, 0.15) is 0 Å². The van der Waals surface area contributed by atoms with Crippen molar-refractivity contribution in [3.05, 3.63) is 0 Å². The standard InChI is InChI=1S/C14H28N2O/c1-11(2)13-9-16(12(3)8-15-13)10-14(17-4)6-5-7-14/h11-13,15H,5-10H2,1-4H3. The lowest BCUT2D eigenvalue weighted by molar-refractivity contribution is -0.101. The molecule has 2 rings (SSSR count). The fraction of sp³-hybridized carbons (Fsp3) is 1.00. The molecule has 0 bridgehead atoms. The van der Waals surface area contributed by atoms with Crippen LogP contribution >= 0.6 is 0 Å². The summed E-state index contributed by atoms with van der Waals surface area (Å²) in [7, 11) is 1.88. The molecule has 0 aromatic heterocycles. The fourth-order valence-electron chi connectivity index (χ4n) is 2.98. The van der Waals surface area contributed by atoms with Crippen LogP contribution in [-0.2, 0) is 4.74 Å². The molecule has 3 nitrogen and oxygen atoms in total. The highest BCUT2D eigenvalue weighted by molar-refractivity contribution is 4.96. The van der Waals surface area contributed by atoms with E-state index in [4.69, 9.17) is 4.74 Å². The Bertz CT molecular complexity index is 245. The first-order chi connectivity index (χ1) is 8.06. The minimum absolute atomic E-state index is 0.174. The Labute approximate surface area is 106 Å². The van der Waals surface area contributed by atoms with Gasteiger partial charge in [-0.3, -0.25) is 4.90 Å². The molecule has 3 heteroatoms. The van der Waals surface area contributed by atoms with Gasteiger partial charge in [0.2, 0.25) is 0 Å². The van der Waals surface area contributed by atoms with Gasteiger partial charge >= 0.3 is 0 Å². The number of hydrogen-bond donors (Lipinski definition) is 1. The van der Waals surface area contributed by atoms with E-state index in [0.29, 0.717) is 18.0 Å². The van der Waals surface area contributed by atoms with E-state index in [-0.39, 0.29) is 5.60 Å². The molecule has 2 fully saturated rings. The highest BCUT2D eigenvalue weighted by atomic mass is 16.5. The van der Waals surface area contributed by atoms with Gasteiger partial charge in [-0.25, -0.2) is 0 Å². The van der Waals surface area contributed by atoms with Gasteiger partial charge in [0.25, 0.3) is 0 Å². The maximum Gasteiger partial charge on any atom is 0.0805 e.